The molecule has 0 atom stereocenters. The molecule has 0 amide bonds. The van der Waals surface area contributed by atoms with Crippen molar-refractivity contribution in [3.8, 4) is 0 Å². The quantitative estimate of drug-likeness (QED) is 0.274. The Bertz CT molecular complexity index is 1280. The topological polar surface area (TPSA) is 134 Å². The molecule has 3 N–H and O–H groups in total. The summed E-state index contributed by atoms with van der Waals surface area (Å²) in [5, 5.41) is 19.5. The Morgan fingerprint density at radius 3 is 2.03 bits per heavy atom. The average Bonchev–Trinajstić information content (AvgIpc) is 3.09. The maximum absolute atomic E-state index is 13.2. The number of aliphatic carboxylic acids is 2. The van der Waals surface area contributed by atoms with Crippen molar-refractivity contribution in [2.75, 3.05) is 0 Å². The zero-order chi connectivity index (χ0) is 24.7. The van der Waals surface area contributed by atoms with Crippen molar-refractivity contribution in [3.05, 3.63) is 69.9 Å². The number of H-pyrrole nitrogens is 1. The number of hydrogen-bond donors (Lipinski definition) is 3. The van der Waals surface area contributed by atoms with E-state index in [-0.39, 0.29) is 16.0 Å². The van der Waals surface area contributed by atoms with E-state index in [0.717, 1.165) is 13.0 Å². The third-order valence-corrected chi connectivity index (χ3v) is 4.96. The highest BCUT2D eigenvalue weighted by atomic mass is 35.5. The van der Waals surface area contributed by atoms with Crippen molar-refractivity contribution >= 4 is 46.2 Å². The van der Waals surface area contributed by atoms with Crippen molar-refractivity contribution in [2.45, 2.75) is 18.7 Å². The fourth-order valence-corrected chi connectivity index (χ4v) is 3.44. The number of carboxylic acids is 2. The van der Waals surface area contributed by atoms with Gasteiger partial charge in [0.15, 0.2) is 0 Å². The molecule has 0 radical (unpaired) electrons. The van der Waals surface area contributed by atoms with Gasteiger partial charge in [0, 0.05) is 28.4 Å². The fourth-order valence-electron chi connectivity index (χ4n) is 3.31. The number of aromatic amines is 1. The molecule has 1 aromatic heterocycles. The average molecular weight is 484 g/mol. The standard InChI is InChI=1S/C21H13ClF3NO7/c1-9(27)33-20(18(29)30,19(31)32)15-13-7-4-11(21(23,24)25)8-14(13)26-16(15)17(28)10-2-5-12(22)6-3-10/h2-8,26H,1H3,(H,29,30)(H,31,32). The molecule has 33 heavy (non-hydrogen) atoms. The summed E-state index contributed by atoms with van der Waals surface area (Å²) in [5.74, 6) is -6.62. The minimum atomic E-state index is -4.79. The number of alkyl halides is 3. The Morgan fingerprint density at radius 2 is 1.55 bits per heavy atom. The first kappa shape index (κ1) is 23.8. The van der Waals surface area contributed by atoms with Crippen LogP contribution in [0.1, 0.15) is 34.1 Å². The number of carbonyl (C=O) groups excluding carboxylic acids is 2. The second-order valence-electron chi connectivity index (χ2n) is 6.85. The van der Waals surface area contributed by atoms with E-state index in [4.69, 9.17) is 16.3 Å². The van der Waals surface area contributed by atoms with Gasteiger partial charge in [0.05, 0.1) is 16.8 Å². The van der Waals surface area contributed by atoms with E-state index in [2.05, 4.69) is 4.98 Å². The van der Waals surface area contributed by atoms with Crippen LogP contribution in [-0.2, 0) is 30.9 Å². The van der Waals surface area contributed by atoms with Crippen molar-refractivity contribution in [1.82, 2.24) is 4.98 Å². The molecular formula is C21H13ClF3NO7. The van der Waals surface area contributed by atoms with Crippen LogP contribution in [-0.4, -0.2) is 38.9 Å². The summed E-state index contributed by atoms with van der Waals surface area (Å²) in [6.45, 7) is 0.748. The van der Waals surface area contributed by atoms with E-state index >= 15 is 0 Å². The smallest absolute Gasteiger partial charge is 0.416 e. The van der Waals surface area contributed by atoms with Gasteiger partial charge in [0.2, 0.25) is 5.78 Å². The molecule has 0 aliphatic rings. The Morgan fingerprint density at radius 1 is 0.970 bits per heavy atom. The van der Waals surface area contributed by atoms with Gasteiger partial charge in [-0.3, -0.25) is 9.59 Å². The van der Waals surface area contributed by atoms with Crippen LogP contribution in [0.2, 0.25) is 5.02 Å². The predicted octanol–water partition coefficient (Wildman–Crippen LogP) is 4.00. The molecule has 3 rings (SSSR count). The number of esters is 1. The Balaban J connectivity index is 2.44. The summed E-state index contributed by atoms with van der Waals surface area (Å²) in [6.07, 6.45) is -4.79. The molecule has 1 heterocycles. The number of carbonyl (C=O) groups is 4. The number of aromatic nitrogens is 1. The summed E-state index contributed by atoms with van der Waals surface area (Å²) < 4.78 is 44.3. The van der Waals surface area contributed by atoms with Crippen LogP contribution in [0.5, 0.6) is 0 Å². The lowest BCUT2D eigenvalue weighted by Gasteiger charge is -2.25. The number of ketones is 1. The maximum atomic E-state index is 13.2. The number of rotatable bonds is 6. The van der Waals surface area contributed by atoms with Gasteiger partial charge >= 0.3 is 29.7 Å². The van der Waals surface area contributed by atoms with Crippen LogP contribution in [0.15, 0.2) is 42.5 Å². The number of ether oxygens (including phenoxy) is 1. The zero-order valence-corrected chi connectivity index (χ0v) is 17.2. The number of fused-ring (bicyclic) bond motifs is 1. The summed E-state index contributed by atoms with van der Waals surface area (Å²) in [4.78, 5) is 51.5. The largest absolute Gasteiger partial charge is 0.478 e. The number of nitrogens with one attached hydrogen (secondary N) is 1. The molecule has 8 nitrogen and oxygen atoms in total. The molecule has 0 bridgehead atoms. The van der Waals surface area contributed by atoms with Gasteiger partial charge < -0.3 is 19.9 Å². The van der Waals surface area contributed by atoms with Crippen LogP contribution in [0.4, 0.5) is 13.2 Å². The molecule has 3 aromatic rings. The number of halogens is 4. The van der Waals surface area contributed by atoms with Crippen molar-refractivity contribution in [3.63, 3.8) is 0 Å². The number of carboxylic acid groups (broad SMARTS) is 2. The summed E-state index contributed by atoms with van der Waals surface area (Å²) >= 11 is 5.79. The first-order valence-corrected chi connectivity index (χ1v) is 9.37. The molecule has 0 aliphatic heterocycles. The molecule has 0 saturated heterocycles. The van der Waals surface area contributed by atoms with Gasteiger partial charge in [-0.2, -0.15) is 13.2 Å². The summed E-state index contributed by atoms with van der Waals surface area (Å²) in [6, 6.07) is 7.11. The van der Waals surface area contributed by atoms with Crippen molar-refractivity contribution in [1.29, 1.82) is 0 Å². The normalized spacial score (nSPS) is 11.9. The van der Waals surface area contributed by atoms with Gasteiger partial charge in [0.1, 0.15) is 0 Å². The van der Waals surface area contributed by atoms with Crippen LogP contribution in [0.25, 0.3) is 10.9 Å². The Kier molecular flexibility index (Phi) is 5.95. The summed E-state index contributed by atoms with van der Waals surface area (Å²) in [7, 11) is 0. The van der Waals surface area contributed by atoms with E-state index in [9.17, 15) is 42.6 Å². The molecule has 0 unspecified atom stereocenters. The molecule has 0 fully saturated rings. The van der Waals surface area contributed by atoms with Crippen molar-refractivity contribution < 1.29 is 47.3 Å². The van der Waals surface area contributed by atoms with Crippen LogP contribution >= 0.6 is 11.6 Å². The first-order chi connectivity index (χ1) is 15.3. The molecule has 172 valence electrons. The Hall–Kier alpha value is -3.86. The minimum absolute atomic E-state index is 0.0873. The second-order valence-corrected chi connectivity index (χ2v) is 7.29. The van der Waals surface area contributed by atoms with Gasteiger partial charge in [-0.25, -0.2) is 9.59 Å². The van der Waals surface area contributed by atoms with E-state index in [1.807, 2.05) is 0 Å². The van der Waals surface area contributed by atoms with Gasteiger partial charge in [-0.1, -0.05) is 17.7 Å². The third kappa shape index (κ3) is 4.14. The minimum Gasteiger partial charge on any atom is -0.478 e. The first-order valence-electron chi connectivity index (χ1n) is 8.99. The van der Waals surface area contributed by atoms with Crippen molar-refractivity contribution in [2.24, 2.45) is 0 Å². The fraction of sp³-hybridized carbons (Fsp3) is 0.143. The highest BCUT2D eigenvalue weighted by Crippen LogP contribution is 2.39. The van der Waals surface area contributed by atoms with Gasteiger partial charge in [0.25, 0.3) is 0 Å². The van der Waals surface area contributed by atoms with Gasteiger partial charge in [-0.15, -0.1) is 0 Å². The van der Waals surface area contributed by atoms with E-state index in [1.54, 1.807) is 0 Å². The predicted molar refractivity (Wildman–Crippen MR) is 107 cm³/mol. The lowest BCUT2D eigenvalue weighted by Crippen LogP contribution is -2.48. The lowest BCUT2D eigenvalue weighted by molar-refractivity contribution is -0.191. The van der Waals surface area contributed by atoms with E-state index < -0.39 is 57.8 Å². The van der Waals surface area contributed by atoms with Crippen LogP contribution < -0.4 is 0 Å². The second kappa shape index (κ2) is 8.24. The van der Waals surface area contributed by atoms with Crippen LogP contribution in [0.3, 0.4) is 0 Å². The summed E-state index contributed by atoms with van der Waals surface area (Å²) in [5.41, 5.74) is -6.57. The SMILES string of the molecule is CC(=O)OC(C(=O)O)(C(=O)O)c1c(C(=O)c2ccc(Cl)cc2)[nH]c2cc(C(F)(F)F)ccc12. The lowest BCUT2D eigenvalue weighted by atomic mass is 9.88. The molecular weight excluding hydrogens is 471 g/mol. The highest BCUT2D eigenvalue weighted by Gasteiger charge is 2.56. The number of hydrogen-bond acceptors (Lipinski definition) is 5. The maximum Gasteiger partial charge on any atom is 0.416 e. The van der Waals surface area contributed by atoms with E-state index in [1.165, 1.54) is 24.3 Å². The molecule has 12 heteroatoms. The molecule has 0 spiro atoms. The highest BCUT2D eigenvalue weighted by molar-refractivity contribution is 6.30. The third-order valence-electron chi connectivity index (χ3n) is 4.71. The molecule has 2 aromatic carbocycles. The monoisotopic (exact) mass is 483 g/mol. The number of benzene rings is 2. The zero-order valence-electron chi connectivity index (χ0n) is 16.5. The molecule has 0 saturated carbocycles. The molecule has 0 aliphatic carbocycles. The van der Waals surface area contributed by atoms with E-state index in [0.29, 0.717) is 12.1 Å². The Labute approximate surface area is 187 Å². The van der Waals surface area contributed by atoms with Gasteiger partial charge in [-0.05, 0) is 36.4 Å². The van der Waals surface area contributed by atoms with Crippen LogP contribution in [0, 0.1) is 0 Å².